The van der Waals surface area contributed by atoms with Crippen molar-refractivity contribution in [3.63, 3.8) is 0 Å². The predicted molar refractivity (Wildman–Crippen MR) is 103 cm³/mol. The van der Waals surface area contributed by atoms with Crippen LogP contribution < -0.4 is 0 Å². The molecule has 0 atom stereocenters. The summed E-state index contributed by atoms with van der Waals surface area (Å²) in [5.74, 6) is 0. The number of rotatable bonds is 0. The van der Waals surface area contributed by atoms with Gasteiger partial charge in [0.15, 0.2) is 0 Å². The summed E-state index contributed by atoms with van der Waals surface area (Å²) in [5.41, 5.74) is 6.63. The summed E-state index contributed by atoms with van der Waals surface area (Å²) in [4.78, 5) is 24.6. The standard InChI is InChI=1S/C20H14N6/c1-3-13-7-17-11-22-20(25-17)10-16-6-2-4-14(24-16)8-18-12-21-19(26-18)9-15(5-1)23-13/h1-12,25-26H. The van der Waals surface area contributed by atoms with Crippen LogP contribution in [0.2, 0.25) is 0 Å². The van der Waals surface area contributed by atoms with Gasteiger partial charge in [-0.1, -0.05) is 12.1 Å². The normalized spacial score (nSPS) is 11.1. The first-order chi connectivity index (χ1) is 12.8. The molecule has 0 aromatic carbocycles. The Kier molecular flexibility index (Phi) is 3.31. The van der Waals surface area contributed by atoms with Gasteiger partial charge in [-0.15, -0.1) is 0 Å². The van der Waals surface area contributed by atoms with Crippen molar-refractivity contribution in [1.29, 1.82) is 0 Å². The maximum atomic E-state index is 4.64. The minimum absolute atomic E-state index is 0.750. The molecule has 0 fully saturated rings. The maximum absolute atomic E-state index is 4.64. The number of nitrogens with zero attached hydrogens (tertiary/aromatic N) is 4. The Morgan fingerprint density at radius 2 is 0.962 bits per heavy atom. The van der Waals surface area contributed by atoms with Gasteiger partial charge in [0.2, 0.25) is 0 Å². The third-order valence-corrected chi connectivity index (χ3v) is 3.99. The van der Waals surface area contributed by atoms with Crippen LogP contribution in [0.4, 0.5) is 0 Å². The summed E-state index contributed by atoms with van der Waals surface area (Å²) in [5, 5.41) is 0. The van der Waals surface area contributed by atoms with Crippen LogP contribution in [0.25, 0.3) is 44.4 Å². The number of aromatic nitrogens is 6. The lowest BCUT2D eigenvalue weighted by molar-refractivity contribution is 1.41. The molecule has 5 heterocycles. The van der Waals surface area contributed by atoms with Crippen molar-refractivity contribution in [2.45, 2.75) is 0 Å². The largest absolute Gasteiger partial charge is 0.339 e. The van der Waals surface area contributed by atoms with E-state index in [1.165, 1.54) is 0 Å². The van der Waals surface area contributed by atoms with Crippen LogP contribution in [-0.4, -0.2) is 29.9 Å². The Labute approximate surface area is 148 Å². The quantitative estimate of drug-likeness (QED) is 0.443. The van der Waals surface area contributed by atoms with E-state index in [2.05, 4.69) is 29.9 Å². The number of imidazole rings is 2. The fraction of sp³-hybridized carbons (Fsp3) is 0. The zero-order valence-corrected chi connectivity index (χ0v) is 13.7. The molecule has 0 aliphatic heterocycles. The number of aromatic amines is 2. The Hall–Kier alpha value is -3.80. The van der Waals surface area contributed by atoms with E-state index in [-0.39, 0.29) is 0 Å². The average Bonchev–Trinajstić information content (AvgIpc) is 3.24. The second kappa shape index (κ2) is 5.93. The van der Waals surface area contributed by atoms with Gasteiger partial charge >= 0.3 is 0 Å². The van der Waals surface area contributed by atoms with Crippen LogP contribution in [0.5, 0.6) is 0 Å². The molecule has 0 aliphatic carbocycles. The van der Waals surface area contributed by atoms with Gasteiger partial charge in [-0.05, 0) is 36.4 Å². The van der Waals surface area contributed by atoms with Gasteiger partial charge in [-0.3, -0.25) is 0 Å². The lowest BCUT2D eigenvalue weighted by atomic mass is 10.3. The minimum atomic E-state index is 0.750. The third-order valence-electron chi connectivity index (χ3n) is 3.99. The summed E-state index contributed by atoms with van der Waals surface area (Å²) in [7, 11) is 0. The van der Waals surface area contributed by atoms with Crippen molar-refractivity contribution in [2.75, 3.05) is 0 Å². The molecule has 5 rings (SSSR count). The number of fused-ring (bicyclic) bond motifs is 8. The summed E-state index contributed by atoms with van der Waals surface area (Å²) >= 11 is 0. The molecule has 0 amide bonds. The van der Waals surface area contributed by atoms with Crippen molar-refractivity contribution in [2.24, 2.45) is 0 Å². The lowest BCUT2D eigenvalue weighted by Gasteiger charge is -1.90. The van der Waals surface area contributed by atoms with Gasteiger partial charge < -0.3 is 9.97 Å². The van der Waals surface area contributed by atoms with Crippen LogP contribution in [-0.2, 0) is 0 Å². The van der Waals surface area contributed by atoms with Gasteiger partial charge in [-0.25, -0.2) is 19.9 Å². The highest BCUT2D eigenvalue weighted by Gasteiger charge is 1.94. The van der Waals surface area contributed by atoms with Crippen molar-refractivity contribution in [1.82, 2.24) is 29.9 Å². The molecule has 124 valence electrons. The first-order valence-electron chi connectivity index (χ1n) is 8.23. The molecule has 0 saturated carbocycles. The Balaban J connectivity index is 1.91. The molecule has 2 N–H and O–H groups in total. The third kappa shape index (κ3) is 2.95. The van der Waals surface area contributed by atoms with Gasteiger partial charge in [0, 0.05) is 12.1 Å². The highest BCUT2D eigenvalue weighted by molar-refractivity contribution is 5.69. The summed E-state index contributed by atoms with van der Waals surface area (Å²) < 4.78 is 0. The van der Waals surface area contributed by atoms with Crippen LogP contribution in [0, 0.1) is 0 Å². The predicted octanol–water partition coefficient (Wildman–Crippen LogP) is 4.22. The van der Waals surface area contributed by atoms with Crippen LogP contribution in [0.15, 0.2) is 73.1 Å². The molecule has 26 heavy (non-hydrogen) atoms. The second-order valence-corrected chi connectivity index (χ2v) is 6.00. The molecule has 0 spiro atoms. The minimum Gasteiger partial charge on any atom is -0.339 e. The topological polar surface area (TPSA) is 83.1 Å². The van der Waals surface area contributed by atoms with Crippen molar-refractivity contribution in [3.05, 3.63) is 73.1 Å². The van der Waals surface area contributed by atoms with E-state index in [1.54, 1.807) is 12.4 Å². The smallest absolute Gasteiger partial charge is 0.132 e. The number of pyridine rings is 2. The molecule has 8 bridgehead atoms. The molecular formula is C20H14N6. The molecule has 0 radical (unpaired) electrons. The number of H-pyrrole nitrogens is 2. The zero-order chi connectivity index (χ0) is 17.3. The molecule has 5 aromatic heterocycles. The first kappa shape index (κ1) is 14.5. The molecule has 0 saturated heterocycles. The molecular weight excluding hydrogens is 324 g/mol. The van der Waals surface area contributed by atoms with E-state index in [0.29, 0.717) is 0 Å². The van der Waals surface area contributed by atoms with E-state index in [0.717, 1.165) is 44.4 Å². The highest BCUT2D eigenvalue weighted by Crippen LogP contribution is 2.10. The van der Waals surface area contributed by atoms with E-state index in [4.69, 9.17) is 0 Å². The number of hydrogen-bond acceptors (Lipinski definition) is 4. The average molecular weight is 338 g/mol. The van der Waals surface area contributed by atoms with Gasteiger partial charge in [-0.2, -0.15) is 0 Å². The molecule has 0 unspecified atom stereocenters. The van der Waals surface area contributed by atoms with E-state index >= 15 is 0 Å². The van der Waals surface area contributed by atoms with Crippen molar-refractivity contribution in [3.8, 4) is 0 Å². The SMILES string of the molecule is c1cc2cc3cnc(cc4cccc(cc5cnc(cc(c1)n2)[nH]5)n4)[nH]3. The number of hydrogen-bond donors (Lipinski definition) is 2. The Morgan fingerprint density at radius 1 is 0.538 bits per heavy atom. The van der Waals surface area contributed by atoms with Crippen molar-refractivity contribution < 1.29 is 0 Å². The van der Waals surface area contributed by atoms with Crippen LogP contribution >= 0.6 is 0 Å². The molecule has 6 heteroatoms. The summed E-state index contributed by atoms with van der Waals surface area (Å²) in [6.07, 6.45) is 3.58. The van der Waals surface area contributed by atoms with E-state index in [9.17, 15) is 0 Å². The Bertz CT molecular complexity index is 1150. The fourth-order valence-corrected chi connectivity index (χ4v) is 2.85. The summed E-state index contributed by atoms with van der Waals surface area (Å²) in [6.45, 7) is 0. The fourth-order valence-electron chi connectivity index (χ4n) is 2.85. The molecule has 5 aromatic rings. The molecule has 0 aliphatic rings. The first-order valence-corrected chi connectivity index (χ1v) is 8.23. The number of nitrogens with one attached hydrogen (secondary N) is 2. The van der Waals surface area contributed by atoms with E-state index in [1.807, 2.05) is 60.7 Å². The van der Waals surface area contributed by atoms with Gasteiger partial charge in [0.1, 0.15) is 11.3 Å². The maximum Gasteiger partial charge on any atom is 0.132 e. The van der Waals surface area contributed by atoms with Gasteiger partial charge in [0.05, 0.1) is 45.5 Å². The lowest BCUT2D eigenvalue weighted by Crippen LogP contribution is -1.76. The van der Waals surface area contributed by atoms with E-state index < -0.39 is 0 Å². The zero-order valence-electron chi connectivity index (χ0n) is 13.7. The summed E-state index contributed by atoms with van der Waals surface area (Å²) in [6, 6.07) is 19.5. The van der Waals surface area contributed by atoms with Crippen molar-refractivity contribution >= 4 is 44.4 Å². The van der Waals surface area contributed by atoms with Gasteiger partial charge in [0.25, 0.3) is 0 Å². The highest BCUT2D eigenvalue weighted by atomic mass is 14.9. The Morgan fingerprint density at radius 3 is 1.42 bits per heavy atom. The van der Waals surface area contributed by atoms with Crippen LogP contribution in [0.1, 0.15) is 0 Å². The molecule has 6 nitrogen and oxygen atoms in total. The monoisotopic (exact) mass is 338 g/mol. The van der Waals surface area contributed by atoms with Crippen LogP contribution in [0.3, 0.4) is 0 Å². The second-order valence-electron chi connectivity index (χ2n) is 6.00.